The quantitative estimate of drug-likeness (QED) is 0.777. The maximum atomic E-state index is 11.8. The summed E-state index contributed by atoms with van der Waals surface area (Å²) in [6, 6.07) is 1.28. The van der Waals surface area contributed by atoms with E-state index in [0.29, 0.717) is 25.3 Å². The first-order valence-electron chi connectivity index (χ1n) is 5.55. The third-order valence-electron chi connectivity index (χ3n) is 2.88. The summed E-state index contributed by atoms with van der Waals surface area (Å²) in [6.45, 7) is 4.52. The molecule has 0 aromatic carbocycles. The van der Waals surface area contributed by atoms with E-state index in [2.05, 4.69) is 0 Å². The van der Waals surface area contributed by atoms with Gasteiger partial charge in [-0.3, -0.25) is 14.5 Å². The van der Waals surface area contributed by atoms with Crippen molar-refractivity contribution in [3.8, 4) is 0 Å². The van der Waals surface area contributed by atoms with Crippen LogP contribution in [0.3, 0.4) is 0 Å². The number of aryl methyl sites for hydroxylation is 1. The normalized spacial score (nSPS) is 25.4. The second-order valence-corrected chi connectivity index (χ2v) is 4.83. The van der Waals surface area contributed by atoms with Gasteiger partial charge in [0, 0.05) is 19.2 Å². The number of hydrogen-bond acceptors (Lipinski definition) is 5. The summed E-state index contributed by atoms with van der Waals surface area (Å²) in [5.74, 6) is 0.0116. The average Bonchev–Trinajstić information content (AvgIpc) is 2.69. The van der Waals surface area contributed by atoms with Gasteiger partial charge < -0.3 is 9.63 Å². The molecule has 1 fully saturated rings. The van der Waals surface area contributed by atoms with Crippen molar-refractivity contribution in [1.82, 2.24) is 9.64 Å². The molecule has 6 nitrogen and oxygen atoms in total. The van der Waals surface area contributed by atoms with Gasteiger partial charge in [-0.25, -0.2) is 0 Å². The third-order valence-corrected chi connectivity index (χ3v) is 2.88. The standard InChI is InChI=1S/C11H16N2O4/c1-8-5-9(14)13(17-8)10(15)6-12-4-3-11(2,16)7-12/h5,16H,3-4,6-7H2,1-2H3. The zero-order valence-corrected chi connectivity index (χ0v) is 9.97. The number of aromatic nitrogens is 1. The molecular formula is C11H16N2O4. The smallest absolute Gasteiger partial charge is 0.290 e. The fraction of sp³-hybridized carbons (Fsp3) is 0.636. The number of nitrogens with zero attached hydrogens (tertiary/aromatic N) is 2. The summed E-state index contributed by atoms with van der Waals surface area (Å²) >= 11 is 0. The van der Waals surface area contributed by atoms with E-state index in [0.717, 1.165) is 4.74 Å². The van der Waals surface area contributed by atoms with Gasteiger partial charge in [-0.15, -0.1) is 4.74 Å². The second kappa shape index (κ2) is 4.12. The highest BCUT2D eigenvalue weighted by Gasteiger charge is 2.32. The van der Waals surface area contributed by atoms with Gasteiger partial charge in [-0.05, 0) is 20.3 Å². The highest BCUT2D eigenvalue weighted by molar-refractivity contribution is 5.79. The van der Waals surface area contributed by atoms with Gasteiger partial charge in [0.1, 0.15) is 5.76 Å². The molecule has 1 unspecified atom stereocenters. The topological polar surface area (TPSA) is 75.7 Å². The van der Waals surface area contributed by atoms with Crippen LogP contribution in [0.2, 0.25) is 0 Å². The van der Waals surface area contributed by atoms with Crippen LogP contribution >= 0.6 is 0 Å². The molecule has 0 bridgehead atoms. The molecule has 1 aromatic heterocycles. The fourth-order valence-corrected chi connectivity index (χ4v) is 2.05. The zero-order chi connectivity index (χ0) is 12.6. The van der Waals surface area contributed by atoms with Crippen molar-refractivity contribution in [3.05, 3.63) is 22.2 Å². The molecule has 0 saturated carbocycles. The Balaban J connectivity index is 2.03. The first-order chi connectivity index (χ1) is 7.87. The Morgan fingerprint density at radius 2 is 2.35 bits per heavy atom. The largest absolute Gasteiger partial charge is 0.389 e. The minimum absolute atomic E-state index is 0.0863. The van der Waals surface area contributed by atoms with Crippen LogP contribution < -0.4 is 5.56 Å². The van der Waals surface area contributed by atoms with Crippen molar-refractivity contribution in [1.29, 1.82) is 0 Å². The van der Waals surface area contributed by atoms with Gasteiger partial charge >= 0.3 is 0 Å². The molecule has 1 aromatic rings. The average molecular weight is 240 g/mol. The van der Waals surface area contributed by atoms with E-state index < -0.39 is 17.1 Å². The summed E-state index contributed by atoms with van der Waals surface area (Å²) in [5, 5.41) is 9.76. The van der Waals surface area contributed by atoms with Crippen molar-refractivity contribution in [2.75, 3.05) is 19.6 Å². The van der Waals surface area contributed by atoms with Gasteiger partial charge in [-0.1, -0.05) is 0 Å². The molecule has 0 amide bonds. The lowest BCUT2D eigenvalue weighted by Crippen LogP contribution is -2.36. The van der Waals surface area contributed by atoms with E-state index in [1.165, 1.54) is 6.07 Å². The lowest BCUT2D eigenvalue weighted by molar-refractivity contribution is 0.0603. The molecule has 1 aliphatic rings. The monoisotopic (exact) mass is 240 g/mol. The highest BCUT2D eigenvalue weighted by atomic mass is 16.5. The molecule has 17 heavy (non-hydrogen) atoms. The zero-order valence-electron chi connectivity index (χ0n) is 9.97. The summed E-state index contributed by atoms with van der Waals surface area (Å²) < 4.78 is 5.77. The minimum Gasteiger partial charge on any atom is -0.389 e. The molecule has 0 spiro atoms. The van der Waals surface area contributed by atoms with Crippen LogP contribution in [0.15, 0.2) is 15.4 Å². The Kier molecular flexibility index (Phi) is 2.92. The van der Waals surface area contributed by atoms with Crippen LogP contribution in [0.25, 0.3) is 0 Å². The number of carbonyl (C=O) groups is 1. The van der Waals surface area contributed by atoms with Crippen molar-refractivity contribution in [3.63, 3.8) is 0 Å². The molecule has 1 N–H and O–H groups in total. The number of rotatable bonds is 2. The molecule has 2 heterocycles. The van der Waals surface area contributed by atoms with Crippen molar-refractivity contribution >= 4 is 5.91 Å². The van der Waals surface area contributed by atoms with Gasteiger partial charge in [0.15, 0.2) is 0 Å². The SMILES string of the molecule is Cc1cc(=O)n(C(=O)CN2CCC(C)(O)C2)o1. The summed E-state index contributed by atoms with van der Waals surface area (Å²) in [6.07, 6.45) is 0.631. The Bertz CT molecular complexity index is 486. The van der Waals surface area contributed by atoms with Gasteiger partial charge in [-0.2, -0.15) is 0 Å². The maximum Gasteiger partial charge on any atom is 0.290 e. The van der Waals surface area contributed by atoms with E-state index in [1.807, 2.05) is 4.90 Å². The molecule has 1 atom stereocenters. The molecule has 1 saturated heterocycles. The van der Waals surface area contributed by atoms with Crippen molar-refractivity contribution < 1.29 is 14.4 Å². The van der Waals surface area contributed by atoms with E-state index in [9.17, 15) is 14.7 Å². The van der Waals surface area contributed by atoms with E-state index in [1.54, 1.807) is 13.8 Å². The maximum absolute atomic E-state index is 11.8. The molecule has 6 heteroatoms. The van der Waals surface area contributed by atoms with Gasteiger partial charge in [0.05, 0.1) is 12.1 Å². The highest BCUT2D eigenvalue weighted by Crippen LogP contribution is 2.19. The van der Waals surface area contributed by atoms with Crippen LogP contribution in [0.1, 0.15) is 23.9 Å². The number of carbonyl (C=O) groups excluding carboxylic acids is 1. The van der Waals surface area contributed by atoms with Crippen LogP contribution in [-0.2, 0) is 0 Å². The number of β-amino-alcohol motifs (C(OH)–C–C–N with tert-alkyl or cyclic N) is 1. The second-order valence-electron chi connectivity index (χ2n) is 4.83. The van der Waals surface area contributed by atoms with E-state index in [4.69, 9.17) is 4.52 Å². The molecule has 2 rings (SSSR count). The molecular weight excluding hydrogens is 224 g/mol. The first-order valence-corrected chi connectivity index (χ1v) is 5.55. The Morgan fingerprint density at radius 3 is 2.82 bits per heavy atom. The van der Waals surface area contributed by atoms with Crippen LogP contribution in [0.5, 0.6) is 0 Å². The van der Waals surface area contributed by atoms with Crippen molar-refractivity contribution in [2.45, 2.75) is 25.9 Å². The Morgan fingerprint density at radius 1 is 1.65 bits per heavy atom. The van der Waals surface area contributed by atoms with Gasteiger partial charge in [0.2, 0.25) is 0 Å². The molecule has 0 radical (unpaired) electrons. The van der Waals surface area contributed by atoms with Crippen LogP contribution in [0, 0.1) is 6.92 Å². The number of hydrogen-bond donors (Lipinski definition) is 1. The lowest BCUT2D eigenvalue weighted by Gasteiger charge is -2.17. The summed E-state index contributed by atoms with van der Waals surface area (Å²) in [7, 11) is 0. The summed E-state index contributed by atoms with van der Waals surface area (Å²) in [4.78, 5) is 25.0. The third kappa shape index (κ3) is 2.65. The van der Waals surface area contributed by atoms with Crippen molar-refractivity contribution in [2.24, 2.45) is 0 Å². The van der Waals surface area contributed by atoms with E-state index >= 15 is 0 Å². The predicted octanol–water partition coefficient (Wildman–Crippen LogP) is -0.153. The Labute approximate surface area is 98.4 Å². The first kappa shape index (κ1) is 12.1. The number of aliphatic hydroxyl groups is 1. The van der Waals surface area contributed by atoms with Crippen LogP contribution in [-0.4, -0.2) is 45.9 Å². The van der Waals surface area contributed by atoms with Gasteiger partial charge in [0.25, 0.3) is 11.5 Å². The van der Waals surface area contributed by atoms with E-state index in [-0.39, 0.29) is 6.54 Å². The summed E-state index contributed by atoms with van der Waals surface area (Å²) in [5.41, 5.74) is -1.19. The molecule has 1 aliphatic heterocycles. The number of likely N-dealkylation sites (tertiary alicyclic amines) is 1. The minimum atomic E-state index is -0.746. The fourth-order valence-electron chi connectivity index (χ4n) is 2.05. The Hall–Kier alpha value is -1.40. The molecule has 94 valence electrons. The lowest BCUT2D eigenvalue weighted by atomic mass is 10.1. The van der Waals surface area contributed by atoms with Crippen LogP contribution in [0.4, 0.5) is 0 Å². The molecule has 0 aliphatic carbocycles. The predicted molar refractivity (Wildman–Crippen MR) is 60.0 cm³/mol.